The maximum absolute atomic E-state index is 10.4. The maximum atomic E-state index is 10.4. The number of rotatable bonds is 2. The van der Waals surface area contributed by atoms with Crippen LogP contribution in [0.1, 0.15) is 10.4 Å². The molecule has 0 heterocycles. The SMILES string of the molecule is [B]c1cc(C(=O)O)cc([N+](=O)[O-])c1. The van der Waals surface area contributed by atoms with Crippen molar-refractivity contribution in [3.8, 4) is 0 Å². The summed E-state index contributed by atoms with van der Waals surface area (Å²) in [5.74, 6) is -1.24. The van der Waals surface area contributed by atoms with Gasteiger partial charge < -0.3 is 5.11 Å². The van der Waals surface area contributed by atoms with E-state index in [0.717, 1.165) is 18.2 Å². The highest BCUT2D eigenvalue weighted by atomic mass is 16.6. The number of nitro benzene ring substituents is 1. The van der Waals surface area contributed by atoms with Crippen LogP contribution in [0, 0.1) is 10.1 Å². The lowest BCUT2D eigenvalue weighted by Gasteiger charge is -1.97. The molecular weight excluding hydrogens is 173 g/mol. The molecule has 13 heavy (non-hydrogen) atoms. The zero-order valence-electron chi connectivity index (χ0n) is 6.43. The topological polar surface area (TPSA) is 80.4 Å². The Hall–Kier alpha value is -1.85. The first kappa shape index (κ1) is 9.24. The van der Waals surface area contributed by atoms with Crippen LogP contribution in [0.25, 0.3) is 0 Å². The number of carboxylic acids is 1. The third kappa shape index (κ3) is 2.05. The van der Waals surface area contributed by atoms with Crippen LogP contribution in [0.3, 0.4) is 0 Å². The lowest BCUT2D eigenvalue weighted by molar-refractivity contribution is -0.384. The molecule has 64 valence electrons. The average Bonchev–Trinajstić information content (AvgIpc) is 2.03. The summed E-state index contributed by atoms with van der Waals surface area (Å²) in [7, 11) is 5.27. The van der Waals surface area contributed by atoms with Crippen molar-refractivity contribution in [1.29, 1.82) is 0 Å². The van der Waals surface area contributed by atoms with Gasteiger partial charge in [-0.3, -0.25) is 10.1 Å². The molecule has 0 atom stereocenters. The Labute approximate surface area is 74.6 Å². The second kappa shape index (κ2) is 3.26. The standard InChI is InChI=1S/C7H4BNO4/c8-5-1-4(7(10)11)2-6(3-5)9(12)13/h1-3H,(H,10,11). The number of hydrogen-bond acceptors (Lipinski definition) is 3. The van der Waals surface area contributed by atoms with Gasteiger partial charge in [-0.25, -0.2) is 4.79 Å². The molecule has 5 nitrogen and oxygen atoms in total. The minimum atomic E-state index is -1.24. The average molecular weight is 177 g/mol. The Morgan fingerprint density at radius 1 is 1.46 bits per heavy atom. The number of aromatic carboxylic acids is 1. The monoisotopic (exact) mass is 177 g/mol. The third-order valence-corrected chi connectivity index (χ3v) is 1.40. The maximum Gasteiger partial charge on any atom is 0.335 e. The lowest BCUT2D eigenvalue weighted by atomic mass is 9.94. The van der Waals surface area contributed by atoms with Crippen molar-refractivity contribution in [1.82, 2.24) is 0 Å². The van der Waals surface area contributed by atoms with Crippen LogP contribution in [0.2, 0.25) is 0 Å². The van der Waals surface area contributed by atoms with Crippen molar-refractivity contribution < 1.29 is 14.8 Å². The molecule has 6 heteroatoms. The predicted octanol–water partition coefficient (Wildman–Crippen LogP) is 0.0868. The van der Waals surface area contributed by atoms with Gasteiger partial charge in [0.2, 0.25) is 0 Å². The molecule has 0 amide bonds. The minimum absolute atomic E-state index is 0.0617. The number of benzene rings is 1. The highest BCUT2D eigenvalue weighted by Gasteiger charge is 2.11. The number of nitro groups is 1. The molecule has 0 saturated carbocycles. The highest BCUT2D eigenvalue weighted by Crippen LogP contribution is 2.10. The molecule has 1 aromatic rings. The van der Waals surface area contributed by atoms with E-state index in [4.69, 9.17) is 13.0 Å². The van der Waals surface area contributed by atoms with Crippen molar-refractivity contribution in [2.24, 2.45) is 0 Å². The fourth-order valence-electron chi connectivity index (χ4n) is 0.864. The van der Waals surface area contributed by atoms with Gasteiger partial charge in [0.05, 0.1) is 10.5 Å². The van der Waals surface area contributed by atoms with Gasteiger partial charge in [0, 0.05) is 12.1 Å². The lowest BCUT2D eigenvalue weighted by Crippen LogP contribution is -2.08. The third-order valence-electron chi connectivity index (χ3n) is 1.40. The van der Waals surface area contributed by atoms with Crippen LogP contribution in [0.4, 0.5) is 5.69 Å². The van der Waals surface area contributed by atoms with Gasteiger partial charge in [-0.15, -0.1) is 0 Å². The molecular formula is C7H4BNO4. The van der Waals surface area contributed by atoms with Gasteiger partial charge in [-0.2, -0.15) is 0 Å². The second-order valence-electron chi connectivity index (χ2n) is 2.38. The number of carbonyl (C=O) groups is 1. The van der Waals surface area contributed by atoms with Crippen LogP contribution in [0.5, 0.6) is 0 Å². The predicted molar refractivity (Wildman–Crippen MR) is 45.4 cm³/mol. The summed E-state index contributed by atoms with van der Waals surface area (Å²) in [6.07, 6.45) is 0. The number of non-ortho nitro benzene ring substituents is 1. The van der Waals surface area contributed by atoms with Crippen LogP contribution in [0.15, 0.2) is 18.2 Å². The van der Waals surface area contributed by atoms with Gasteiger partial charge in [0.25, 0.3) is 5.69 Å². The molecule has 2 radical (unpaired) electrons. The fourth-order valence-corrected chi connectivity index (χ4v) is 0.864. The molecule has 0 spiro atoms. The van der Waals surface area contributed by atoms with Gasteiger partial charge in [-0.1, -0.05) is 11.5 Å². The van der Waals surface area contributed by atoms with Crippen LogP contribution in [-0.4, -0.2) is 23.8 Å². The van der Waals surface area contributed by atoms with Gasteiger partial charge >= 0.3 is 5.97 Å². The van der Waals surface area contributed by atoms with Crippen LogP contribution < -0.4 is 5.46 Å². The minimum Gasteiger partial charge on any atom is -0.478 e. The van der Waals surface area contributed by atoms with E-state index in [1.165, 1.54) is 0 Å². The van der Waals surface area contributed by atoms with E-state index < -0.39 is 10.9 Å². The Bertz CT molecular complexity index is 345. The quantitative estimate of drug-likeness (QED) is 0.394. The summed E-state index contributed by atoms with van der Waals surface area (Å²) in [5.41, 5.74) is -0.448. The molecule has 0 saturated heterocycles. The van der Waals surface area contributed by atoms with Gasteiger partial charge in [0.15, 0.2) is 0 Å². The van der Waals surface area contributed by atoms with E-state index in [-0.39, 0.29) is 16.7 Å². The summed E-state index contributed by atoms with van der Waals surface area (Å²) in [5, 5.41) is 18.8. The summed E-state index contributed by atoms with van der Waals surface area (Å²) in [4.78, 5) is 20.0. The molecule has 1 rings (SSSR count). The summed E-state index contributed by atoms with van der Waals surface area (Å²) < 4.78 is 0. The molecule has 0 aliphatic rings. The first-order valence-electron chi connectivity index (χ1n) is 3.29. The number of hydrogen-bond donors (Lipinski definition) is 1. The van der Waals surface area contributed by atoms with Gasteiger partial charge in [-0.05, 0) is 0 Å². The summed E-state index contributed by atoms with van der Waals surface area (Å²) >= 11 is 0. The second-order valence-corrected chi connectivity index (χ2v) is 2.38. The van der Waals surface area contributed by atoms with Crippen molar-refractivity contribution in [2.45, 2.75) is 0 Å². The molecule has 0 unspecified atom stereocenters. The van der Waals surface area contributed by atoms with Crippen molar-refractivity contribution in [3.05, 3.63) is 33.9 Å². The zero-order chi connectivity index (χ0) is 10.0. The Balaban J connectivity index is 3.26. The molecule has 0 aliphatic carbocycles. The molecule has 1 aromatic carbocycles. The van der Waals surface area contributed by atoms with E-state index in [2.05, 4.69) is 0 Å². The highest BCUT2D eigenvalue weighted by molar-refractivity contribution is 6.33. The smallest absolute Gasteiger partial charge is 0.335 e. The Kier molecular flexibility index (Phi) is 2.32. The fraction of sp³-hybridized carbons (Fsp3) is 0. The van der Waals surface area contributed by atoms with Crippen molar-refractivity contribution >= 4 is 25.0 Å². The van der Waals surface area contributed by atoms with E-state index in [1.807, 2.05) is 0 Å². The van der Waals surface area contributed by atoms with E-state index in [1.54, 1.807) is 0 Å². The molecule has 0 bridgehead atoms. The van der Waals surface area contributed by atoms with Crippen LogP contribution >= 0.6 is 0 Å². The Morgan fingerprint density at radius 2 is 2.08 bits per heavy atom. The van der Waals surface area contributed by atoms with Gasteiger partial charge in [0.1, 0.15) is 7.85 Å². The molecule has 0 aromatic heterocycles. The van der Waals surface area contributed by atoms with Crippen molar-refractivity contribution in [3.63, 3.8) is 0 Å². The Morgan fingerprint density at radius 3 is 2.54 bits per heavy atom. The molecule has 1 N–H and O–H groups in total. The summed E-state index contributed by atoms with van der Waals surface area (Å²) in [6, 6.07) is 3.22. The van der Waals surface area contributed by atoms with Crippen LogP contribution in [-0.2, 0) is 0 Å². The first-order valence-corrected chi connectivity index (χ1v) is 3.29. The number of carboxylic acid groups (broad SMARTS) is 1. The van der Waals surface area contributed by atoms with Crippen molar-refractivity contribution in [2.75, 3.05) is 0 Å². The number of nitrogens with zero attached hydrogens (tertiary/aromatic N) is 1. The largest absolute Gasteiger partial charge is 0.478 e. The summed E-state index contributed by atoms with van der Waals surface area (Å²) in [6.45, 7) is 0. The van der Waals surface area contributed by atoms with E-state index in [9.17, 15) is 14.9 Å². The molecule has 0 aliphatic heterocycles. The van der Waals surface area contributed by atoms with E-state index in [0.29, 0.717) is 0 Å². The normalized spacial score (nSPS) is 9.54. The van der Waals surface area contributed by atoms with E-state index >= 15 is 0 Å². The first-order chi connectivity index (χ1) is 6.00. The molecule has 0 fully saturated rings. The zero-order valence-corrected chi connectivity index (χ0v) is 6.43.